The lowest BCUT2D eigenvalue weighted by atomic mass is 9.89. The zero-order chi connectivity index (χ0) is 19.3. The Kier molecular flexibility index (Phi) is 6.33. The molecule has 6 nitrogen and oxygen atoms in total. The SMILES string of the molecule is N#Cc1c(NC(=O)CCSc2nnc(C3CCCCC3)o2)sc2c1CCCC2. The largest absolute Gasteiger partial charge is 0.416 e. The Bertz CT molecular complexity index is 877. The van der Waals surface area contributed by atoms with Gasteiger partial charge < -0.3 is 9.73 Å². The summed E-state index contributed by atoms with van der Waals surface area (Å²) >= 11 is 2.98. The van der Waals surface area contributed by atoms with E-state index in [2.05, 4.69) is 21.6 Å². The molecule has 2 aliphatic rings. The molecule has 2 heterocycles. The summed E-state index contributed by atoms with van der Waals surface area (Å²) in [5, 5.41) is 22.0. The summed E-state index contributed by atoms with van der Waals surface area (Å²) in [6.45, 7) is 0. The number of nitrogens with zero attached hydrogens (tertiary/aromatic N) is 3. The molecule has 2 aromatic rings. The van der Waals surface area contributed by atoms with E-state index in [1.807, 2.05) is 0 Å². The number of hydrogen-bond acceptors (Lipinski definition) is 7. The van der Waals surface area contributed by atoms with Crippen LogP contribution < -0.4 is 5.32 Å². The quantitative estimate of drug-likeness (QED) is 0.663. The van der Waals surface area contributed by atoms with E-state index in [1.54, 1.807) is 11.3 Å². The van der Waals surface area contributed by atoms with Gasteiger partial charge in [-0.2, -0.15) is 5.26 Å². The molecular weight excluding hydrogens is 392 g/mol. The standard InChI is InChI=1S/C20H24N4O2S2/c21-12-15-14-8-4-5-9-16(14)28-19(15)22-17(25)10-11-27-20-24-23-18(26-20)13-6-2-1-3-7-13/h13H,1-11H2,(H,22,25). The molecule has 0 spiro atoms. The van der Waals surface area contributed by atoms with Gasteiger partial charge in [0.1, 0.15) is 11.1 Å². The highest BCUT2D eigenvalue weighted by molar-refractivity contribution is 7.99. The second-order valence-corrected chi connectivity index (χ2v) is 9.57. The Hall–Kier alpha value is -1.85. The number of thioether (sulfide) groups is 1. The summed E-state index contributed by atoms with van der Waals surface area (Å²) in [7, 11) is 0. The number of amides is 1. The number of aryl methyl sites for hydroxylation is 1. The maximum Gasteiger partial charge on any atom is 0.276 e. The molecule has 0 atom stereocenters. The van der Waals surface area contributed by atoms with Gasteiger partial charge in [0.2, 0.25) is 11.8 Å². The van der Waals surface area contributed by atoms with Crippen LogP contribution in [0.4, 0.5) is 5.00 Å². The molecule has 0 bridgehead atoms. The minimum Gasteiger partial charge on any atom is -0.416 e. The van der Waals surface area contributed by atoms with Gasteiger partial charge in [0.25, 0.3) is 5.22 Å². The van der Waals surface area contributed by atoms with Gasteiger partial charge in [-0.3, -0.25) is 4.79 Å². The molecule has 148 valence electrons. The Morgan fingerprint density at radius 3 is 2.86 bits per heavy atom. The van der Waals surface area contributed by atoms with Crippen LogP contribution in [0.1, 0.15) is 79.2 Å². The van der Waals surface area contributed by atoms with Crippen molar-refractivity contribution in [2.75, 3.05) is 11.1 Å². The number of fused-ring (bicyclic) bond motifs is 1. The van der Waals surface area contributed by atoms with Crippen molar-refractivity contribution in [3.8, 4) is 6.07 Å². The predicted octanol–water partition coefficient (Wildman–Crippen LogP) is 5.05. The minimum absolute atomic E-state index is 0.0744. The van der Waals surface area contributed by atoms with E-state index in [4.69, 9.17) is 4.42 Å². The predicted molar refractivity (Wildman–Crippen MR) is 110 cm³/mol. The Morgan fingerprint density at radius 1 is 1.21 bits per heavy atom. The van der Waals surface area contributed by atoms with Crippen LogP contribution in [0.5, 0.6) is 0 Å². The van der Waals surface area contributed by atoms with Crippen molar-refractivity contribution in [2.45, 2.75) is 75.3 Å². The molecule has 28 heavy (non-hydrogen) atoms. The number of nitriles is 1. The molecule has 1 saturated carbocycles. The Morgan fingerprint density at radius 2 is 2.04 bits per heavy atom. The molecule has 2 aliphatic carbocycles. The zero-order valence-electron chi connectivity index (χ0n) is 15.8. The van der Waals surface area contributed by atoms with Crippen LogP contribution in [0.3, 0.4) is 0 Å². The second kappa shape index (κ2) is 9.10. The molecule has 0 saturated heterocycles. The number of aromatic nitrogens is 2. The second-order valence-electron chi connectivity index (χ2n) is 7.41. The summed E-state index contributed by atoms with van der Waals surface area (Å²) in [6, 6.07) is 2.28. The topological polar surface area (TPSA) is 91.8 Å². The fourth-order valence-electron chi connectivity index (χ4n) is 3.99. The Labute approximate surface area is 173 Å². The molecular formula is C20H24N4O2S2. The summed E-state index contributed by atoms with van der Waals surface area (Å²) in [4.78, 5) is 13.6. The van der Waals surface area contributed by atoms with E-state index in [9.17, 15) is 10.1 Å². The van der Waals surface area contributed by atoms with Crippen molar-refractivity contribution < 1.29 is 9.21 Å². The van der Waals surface area contributed by atoms with Gasteiger partial charge >= 0.3 is 0 Å². The Balaban J connectivity index is 1.28. The highest BCUT2D eigenvalue weighted by atomic mass is 32.2. The van der Waals surface area contributed by atoms with Gasteiger partial charge in [0.15, 0.2) is 0 Å². The highest BCUT2D eigenvalue weighted by Gasteiger charge is 2.23. The van der Waals surface area contributed by atoms with Crippen LogP contribution in [-0.4, -0.2) is 21.9 Å². The van der Waals surface area contributed by atoms with Crippen LogP contribution in [0, 0.1) is 11.3 Å². The average molecular weight is 417 g/mol. The lowest BCUT2D eigenvalue weighted by Crippen LogP contribution is -2.12. The summed E-state index contributed by atoms with van der Waals surface area (Å²) in [6.07, 6.45) is 10.6. The molecule has 1 amide bonds. The zero-order valence-corrected chi connectivity index (χ0v) is 17.5. The van der Waals surface area contributed by atoms with Crippen molar-refractivity contribution in [1.29, 1.82) is 5.26 Å². The van der Waals surface area contributed by atoms with Crippen LogP contribution >= 0.6 is 23.1 Å². The summed E-state index contributed by atoms with van der Waals surface area (Å²) in [5.41, 5.74) is 1.80. The first-order valence-electron chi connectivity index (χ1n) is 10.1. The number of rotatable bonds is 6. The van der Waals surface area contributed by atoms with Gasteiger partial charge in [0, 0.05) is 23.0 Å². The third-order valence-electron chi connectivity index (χ3n) is 5.47. The molecule has 1 N–H and O–H groups in total. The number of thiophene rings is 1. The third kappa shape index (κ3) is 4.41. The minimum atomic E-state index is -0.0744. The number of anilines is 1. The number of carbonyl (C=O) groups excluding carboxylic acids is 1. The average Bonchev–Trinajstić information content (AvgIpc) is 3.32. The van der Waals surface area contributed by atoms with E-state index in [0.29, 0.717) is 33.9 Å². The van der Waals surface area contributed by atoms with Crippen molar-refractivity contribution in [2.24, 2.45) is 0 Å². The first kappa shape index (κ1) is 19.5. The van der Waals surface area contributed by atoms with Crippen LogP contribution in [0.2, 0.25) is 0 Å². The molecule has 8 heteroatoms. The number of nitrogens with one attached hydrogen (secondary N) is 1. The first-order valence-corrected chi connectivity index (χ1v) is 11.9. The molecule has 0 radical (unpaired) electrons. The molecule has 4 rings (SSSR count). The van der Waals surface area contributed by atoms with Crippen LogP contribution in [0.15, 0.2) is 9.64 Å². The molecule has 1 fully saturated rings. The van der Waals surface area contributed by atoms with Gasteiger partial charge in [-0.1, -0.05) is 31.0 Å². The number of carbonyl (C=O) groups is 1. The normalized spacial score (nSPS) is 17.1. The van der Waals surface area contributed by atoms with Crippen molar-refractivity contribution in [3.05, 3.63) is 21.9 Å². The van der Waals surface area contributed by atoms with Gasteiger partial charge in [-0.25, -0.2) is 0 Å². The highest BCUT2D eigenvalue weighted by Crippen LogP contribution is 2.38. The van der Waals surface area contributed by atoms with Crippen molar-refractivity contribution in [1.82, 2.24) is 10.2 Å². The summed E-state index contributed by atoms with van der Waals surface area (Å²) in [5.74, 6) is 1.64. The fourth-order valence-corrected chi connectivity index (χ4v) is 5.95. The lowest BCUT2D eigenvalue weighted by Gasteiger charge is -2.17. The molecule has 2 aromatic heterocycles. The maximum absolute atomic E-state index is 12.3. The monoisotopic (exact) mass is 416 g/mol. The molecule has 0 unspecified atom stereocenters. The lowest BCUT2D eigenvalue weighted by molar-refractivity contribution is -0.115. The van der Waals surface area contributed by atoms with Gasteiger partial charge in [-0.05, 0) is 44.1 Å². The summed E-state index contributed by atoms with van der Waals surface area (Å²) < 4.78 is 5.78. The van der Waals surface area contributed by atoms with E-state index in [0.717, 1.165) is 50.0 Å². The van der Waals surface area contributed by atoms with Gasteiger partial charge in [-0.15, -0.1) is 21.5 Å². The molecule has 0 aliphatic heterocycles. The molecule has 0 aromatic carbocycles. The smallest absolute Gasteiger partial charge is 0.276 e. The third-order valence-corrected chi connectivity index (χ3v) is 7.49. The number of hydrogen-bond donors (Lipinski definition) is 1. The fraction of sp³-hybridized carbons (Fsp3) is 0.600. The van der Waals surface area contributed by atoms with Gasteiger partial charge in [0.05, 0.1) is 5.56 Å². The maximum atomic E-state index is 12.3. The van der Waals surface area contributed by atoms with E-state index in [1.165, 1.54) is 35.9 Å². The van der Waals surface area contributed by atoms with E-state index >= 15 is 0 Å². The van der Waals surface area contributed by atoms with E-state index in [-0.39, 0.29) is 5.91 Å². The first-order chi connectivity index (χ1) is 13.7. The van der Waals surface area contributed by atoms with E-state index < -0.39 is 0 Å². The van der Waals surface area contributed by atoms with Crippen molar-refractivity contribution in [3.63, 3.8) is 0 Å². The van der Waals surface area contributed by atoms with Crippen molar-refractivity contribution >= 4 is 34.0 Å². The van der Waals surface area contributed by atoms with Crippen LogP contribution in [0.25, 0.3) is 0 Å². The van der Waals surface area contributed by atoms with Crippen LogP contribution in [-0.2, 0) is 17.6 Å².